The summed E-state index contributed by atoms with van der Waals surface area (Å²) in [5.74, 6) is 0.715. The number of benzene rings is 1. The van der Waals surface area contributed by atoms with Crippen molar-refractivity contribution in [2.24, 2.45) is 5.92 Å². The van der Waals surface area contributed by atoms with E-state index in [9.17, 15) is 9.59 Å². The first-order valence-corrected chi connectivity index (χ1v) is 11.0. The maximum Gasteiger partial charge on any atom is 0.241 e. The molecule has 1 aliphatic carbocycles. The lowest BCUT2D eigenvalue weighted by molar-refractivity contribution is -0.135. The second-order valence-corrected chi connectivity index (χ2v) is 8.68. The number of hydrogen-bond donors (Lipinski definition) is 1. The minimum absolute atomic E-state index is 0.119. The Morgan fingerprint density at radius 1 is 1.11 bits per heavy atom. The fourth-order valence-electron chi connectivity index (χ4n) is 4.13. The lowest BCUT2D eigenvalue weighted by atomic mass is 9.86. The van der Waals surface area contributed by atoms with Crippen molar-refractivity contribution in [3.05, 3.63) is 28.2 Å². The van der Waals surface area contributed by atoms with E-state index in [2.05, 4.69) is 10.2 Å². The summed E-state index contributed by atoms with van der Waals surface area (Å²) in [4.78, 5) is 29.3. The molecule has 2 amide bonds. The summed E-state index contributed by atoms with van der Waals surface area (Å²) < 4.78 is 0. The average molecular weight is 426 g/mol. The number of nitrogens with one attached hydrogen (secondary N) is 1. The highest BCUT2D eigenvalue weighted by atomic mass is 35.5. The summed E-state index contributed by atoms with van der Waals surface area (Å²) in [7, 11) is 0. The summed E-state index contributed by atoms with van der Waals surface area (Å²) in [5, 5.41) is 3.62. The molecule has 28 heavy (non-hydrogen) atoms. The van der Waals surface area contributed by atoms with Crippen LogP contribution in [0.3, 0.4) is 0 Å². The third-order valence-electron chi connectivity index (χ3n) is 5.99. The molecular weight excluding hydrogens is 397 g/mol. The van der Waals surface area contributed by atoms with Crippen molar-refractivity contribution in [3.63, 3.8) is 0 Å². The van der Waals surface area contributed by atoms with E-state index in [1.54, 1.807) is 18.2 Å². The third-order valence-corrected chi connectivity index (χ3v) is 6.81. The van der Waals surface area contributed by atoms with Crippen molar-refractivity contribution in [2.75, 3.05) is 31.5 Å². The lowest BCUT2D eigenvalue weighted by Crippen LogP contribution is -2.54. The fourth-order valence-corrected chi connectivity index (χ4v) is 4.48. The van der Waals surface area contributed by atoms with E-state index in [4.69, 9.17) is 23.2 Å². The van der Waals surface area contributed by atoms with Crippen LogP contribution < -0.4 is 5.32 Å². The summed E-state index contributed by atoms with van der Waals surface area (Å²) in [6, 6.07) is 4.88. The van der Waals surface area contributed by atoms with Crippen LogP contribution in [0.1, 0.15) is 45.4 Å². The number of amides is 2. The smallest absolute Gasteiger partial charge is 0.241 e. The normalized spacial score (nSPS) is 20.0. The number of carbonyl (C=O) groups is 2. The second kappa shape index (κ2) is 9.95. The molecule has 0 aromatic heterocycles. The van der Waals surface area contributed by atoms with E-state index in [1.807, 2.05) is 11.8 Å². The van der Waals surface area contributed by atoms with Crippen molar-refractivity contribution in [3.8, 4) is 0 Å². The summed E-state index contributed by atoms with van der Waals surface area (Å²) in [5.41, 5.74) is 0.521. The first-order valence-electron chi connectivity index (χ1n) is 10.2. The standard InChI is InChI=1S/C21H29Cl2N3O2/c1-15(21(28)24-18-9-5-8-17(22)20(18)23)25-10-12-26(13-11-25)19(27)14-16-6-3-2-4-7-16/h5,8-9,15-16H,2-4,6-7,10-14H2,1H3,(H,24,28). The van der Waals surface area contributed by atoms with Crippen LogP contribution in [0.5, 0.6) is 0 Å². The van der Waals surface area contributed by atoms with Gasteiger partial charge in [-0.2, -0.15) is 0 Å². The van der Waals surface area contributed by atoms with Crippen LogP contribution in [-0.4, -0.2) is 53.8 Å². The van der Waals surface area contributed by atoms with Gasteiger partial charge in [-0.1, -0.05) is 48.5 Å². The van der Waals surface area contributed by atoms with Gasteiger partial charge in [0, 0.05) is 32.6 Å². The Morgan fingerprint density at radius 3 is 2.46 bits per heavy atom. The molecule has 154 valence electrons. The Kier molecular flexibility index (Phi) is 7.61. The van der Waals surface area contributed by atoms with Crippen LogP contribution in [0.4, 0.5) is 5.69 Å². The van der Waals surface area contributed by atoms with Crippen LogP contribution in [-0.2, 0) is 9.59 Å². The topological polar surface area (TPSA) is 52.7 Å². The molecule has 1 aromatic rings. The number of anilines is 1. The number of carbonyl (C=O) groups excluding carboxylic acids is 2. The molecule has 1 unspecified atom stereocenters. The number of rotatable bonds is 5. The van der Waals surface area contributed by atoms with Crippen molar-refractivity contribution < 1.29 is 9.59 Å². The van der Waals surface area contributed by atoms with Gasteiger partial charge in [-0.15, -0.1) is 0 Å². The quantitative estimate of drug-likeness (QED) is 0.758. The largest absolute Gasteiger partial charge is 0.340 e. The maximum absolute atomic E-state index is 12.6. The number of nitrogens with zero attached hydrogens (tertiary/aromatic N) is 2. The number of hydrogen-bond acceptors (Lipinski definition) is 3. The molecule has 1 aliphatic heterocycles. The van der Waals surface area contributed by atoms with E-state index < -0.39 is 0 Å². The average Bonchev–Trinajstić information content (AvgIpc) is 2.71. The minimum atomic E-state index is -0.300. The second-order valence-electron chi connectivity index (χ2n) is 7.89. The van der Waals surface area contributed by atoms with E-state index >= 15 is 0 Å². The van der Waals surface area contributed by atoms with Gasteiger partial charge in [0.1, 0.15) is 0 Å². The summed E-state index contributed by atoms with van der Waals surface area (Å²) >= 11 is 12.2. The SMILES string of the molecule is CC(C(=O)Nc1cccc(Cl)c1Cl)N1CCN(C(=O)CC2CCCCC2)CC1. The highest BCUT2D eigenvalue weighted by Gasteiger charge is 2.29. The zero-order valence-electron chi connectivity index (χ0n) is 16.4. The van der Waals surface area contributed by atoms with Gasteiger partial charge in [-0.05, 0) is 37.8 Å². The Labute approximate surface area is 177 Å². The zero-order valence-corrected chi connectivity index (χ0v) is 17.9. The molecule has 1 N–H and O–H groups in total. The first-order chi connectivity index (χ1) is 13.5. The maximum atomic E-state index is 12.6. The Morgan fingerprint density at radius 2 is 1.79 bits per heavy atom. The molecule has 0 radical (unpaired) electrons. The molecule has 3 rings (SSSR count). The highest BCUT2D eigenvalue weighted by Crippen LogP contribution is 2.30. The monoisotopic (exact) mass is 425 g/mol. The van der Waals surface area contributed by atoms with Gasteiger partial charge in [-0.25, -0.2) is 0 Å². The van der Waals surface area contributed by atoms with Crippen LogP contribution in [0.2, 0.25) is 10.0 Å². The van der Waals surface area contributed by atoms with Gasteiger partial charge in [0.15, 0.2) is 0 Å². The highest BCUT2D eigenvalue weighted by molar-refractivity contribution is 6.44. The molecular formula is C21H29Cl2N3O2. The van der Waals surface area contributed by atoms with Crippen LogP contribution in [0.25, 0.3) is 0 Å². The molecule has 0 bridgehead atoms. The molecule has 1 aromatic carbocycles. The van der Waals surface area contributed by atoms with E-state index in [1.165, 1.54) is 32.1 Å². The van der Waals surface area contributed by atoms with Gasteiger partial charge < -0.3 is 10.2 Å². The summed E-state index contributed by atoms with van der Waals surface area (Å²) in [6.45, 7) is 4.65. The van der Waals surface area contributed by atoms with Crippen LogP contribution in [0.15, 0.2) is 18.2 Å². The zero-order chi connectivity index (χ0) is 20.1. The number of piperazine rings is 1. The molecule has 0 spiro atoms. The van der Waals surface area contributed by atoms with E-state index in [0.717, 1.165) is 0 Å². The fraction of sp³-hybridized carbons (Fsp3) is 0.619. The van der Waals surface area contributed by atoms with Crippen LogP contribution in [0, 0.1) is 5.92 Å². The predicted molar refractivity (Wildman–Crippen MR) is 114 cm³/mol. The van der Waals surface area contributed by atoms with Gasteiger partial charge in [0.25, 0.3) is 0 Å². The predicted octanol–water partition coefficient (Wildman–Crippen LogP) is 4.44. The molecule has 1 saturated carbocycles. The van der Waals surface area contributed by atoms with Gasteiger partial charge in [0.05, 0.1) is 21.8 Å². The lowest BCUT2D eigenvalue weighted by Gasteiger charge is -2.38. The molecule has 1 heterocycles. The van der Waals surface area contributed by atoms with E-state index in [-0.39, 0.29) is 17.9 Å². The Hall–Kier alpha value is -1.30. The van der Waals surface area contributed by atoms with Crippen molar-refractivity contribution in [1.29, 1.82) is 0 Å². The molecule has 2 fully saturated rings. The Bertz CT molecular complexity index is 699. The van der Waals surface area contributed by atoms with E-state index in [0.29, 0.717) is 54.3 Å². The summed E-state index contributed by atoms with van der Waals surface area (Å²) in [6.07, 6.45) is 6.89. The van der Waals surface area contributed by atoms with Crippen molar-refractivity contribution >= 4 is 40.7 Å². The van der Waals surface area contributed by atoms with Crippen molar-refractivity contribution in [2.45, 2.75) is 51.5 Å². The minimum Gasteiger partial charge on any atom is -0.340 e. The third kappa shape index (κ3) is 5.40. The molecule has 5 nitrogen and oxygen atoms in total. The molecule has 1 saturated heterocycles. The molecule has 7 heteroatoms. The molecule has 2 aliphatic rings. The van der Waals surface area contributed by atoms with Gasteiger partial charge in [-0.3, -0.25) is 14.5 Å². The van der Waals surface area contributed by atoms with Crippen LogP contribution >= 0.6 is 23.2 Å². The molecule has 1 atom stereocenters. The van der Waals surface area contributed by atoms with Gasteiger partial charge >= 0.3 is 0 Å². The first kappa shape index (κ1) is 21.4. The van der Waals surface area contributed by atoms with Crippen molar-refractivity contribution in [1.82, 2.24) is 9.80 Å². The number of halogens is 2. The van der Waals surface area contributed by atoms with Gasteiger partial charge in [0.2, 0.25) is 11.8 Å². The Balaban J connectivity index is 1.47.